The molecule has 0 aliphatic carbocycles. The van der Waals surface area contributed by atoms with Crippen LogP contribution in [-0.2, 0) is 11.8 Å². The molecule has 2 rings (SSSR count). The molecule has 26 heavy (non-hydrogen) atoms. The van der Waals surface area contributed by atoms with Crippen LogP contribution in [0, 0.1) is 0 Å². The summed E-state index contributed by atoms with van der Waals surface area (Å²) >= 11 is 6.05. The molecule has 0 fully saturated rings. The van der Waals surface area contributed by atoms with Crippen LogP contribution in [0.5, 0.6) is 17.2 Å². The van der Waals surface area contributed by atoms with Gasteiger partial charge in [-0.25, -0.2) is 0 Å². The summed E-state index contributed by atoms with van der Waals surface area (Å²) in [6.45, 7) is 7.89. The third kappa shape index (κ3) is 5.55. The van der Waals surface area contributed by atoms with Crippen molar-refractivity contribution in [3.8, 4) is 17.2 Å². The van der Waals surface area contributed by atoms with Gasteiger partial charge in [0.1, 0.15) is 30.5 Å². The summed E-state index contributed by atoms with van der Waals surface area (Å²) in [4.78, 5) is 0. The molecule has 0 atom stereocenters. The average Bonchev–Trinajstić information content (AvgIpc) is 2.59. The standard InChI is InChI=1S/C21H28ClNO3/c1-21(2,3)18-14-17(24-4)6-8-20(18)26-12-11-25-19-7-5-16(22)13-15(19)9-10-23/h5-8,13-14H,9-12,23H2,1-4H3. The van der Waals surface area contributed by atoms with Gasteiger partial charge in [0.25, 0.3) is 0 Å². The van der Waals surface area contributed by atoms with Crippen LogP contribution >= 0.6 is 11.6 Å². The van der Waals surface area contributed by atoms with Crippen molar-refractivity contribution in [1.29, 1.82) is 0 Å². The molecule has 0 saturated heterocycles. The fourth-order valence-electron chi connectivity index (χ4n) is 2.69. The number of methoxy groups -OCH3 is 1. The Hall–Kier alpha value is -1.91. The van der Waals surface area contributed by atoms with E-state index in [0.717, 1.165) is 34.8 Å². The molecule has 0 amide bonds. The molecule has 0 unspecified atom stereocenters. The highest BCUT2D eigenvalue weighted by Crippen LogP contribution is 2.34. The molecule has 0 aliphatic rings. The molecule has 2 N–H and O–H groups in total. The lowest BCUT2D eigenvalue weighted by Gasteiger charge is -2.23. The Bertz CT molecular complexity index is 726. The van der Waals surface area contributed by atoms with Crippen LogP contribution in [0.4, 0.5) is 0 Å². The largest absolute Gasteiger partial charge is 0.497 e. The van der Waals surface area contributed by atoms with Crippen molar-refractivity contribution in [2.24, 2.45) is 5.73 Å². The number of benzene rings is 2. The van der Waals surface area contributed by atoms with Crippen molar-refractivity contribution >= 4 is 11.6 Å². The topological polar surface area (TPSA) is 53.7 Å². The van der Waals surface area contributed by atoms with Gasteiger partial charge in [-0.05, 0) is 60.3 Å². The maximum atomic E-state index is 6.05. The van der Waals surface area contributed by atoms with E-state index >= 15 is 0 Å². The molecule has 0 radical (unpaired) electrons. The molecule has 2 aromatic carbocycles. The zero-order chi connectivity index (χ0) is 19.2. The Labute approximate surface area is 161 Å². The van der Waals surface area contributed by atoms with Gasteiger partial charge in [-0.1, -0.05) is 32.4 Å². The molecule has 0 bridgehead atoms. The molecule has 0 aromatic heterocycles. The number of nitrogens with two attached hydrogens (primary N) is 1. The second kappa shape index (κ2) is 9.15. The minimum Gasteiger partial charge on any atom is -0.497 e. The summed E-state index contributed by atoms with van der Waals surface area (Å²) in [5.74, 6) is 2.47. The summed E-state index contributed by atoms with van der Waals surface area (Å²) in [6, 6.07) is 11.5. The first-order valence-electron chi connectivity index (χ1n) is 8.77. The van der Waals surface area contributed by atoms with E-state index in [1.165, 1.54) is 0 Å². The zero-order valence-corrected chi connectivity index (χ0v) is 16.7. The van der Waals surface area contributed by atoms with Crippen molar-refractivity contribution in [3.63, 3.8) is 0 Å². The van der Waals surface area contributed by atoms with Crippen LogP contribution in [0.15, 0.2) is 36.4 Å². The summed E-state index contributed by atoms with van der Waals surface area (Å²) in [7, 11) is 1.67. The van der Waals surface area contributed by atoms with E-state index in [2.05, 4.69) is 20.8 Å². The fraction of sp³-hybridized carbons (Fsp3) is 0.429. The lowest BCUT2D eigenvalue weighted by atomic mass is 9.86. The van der Waals surface area contributed by atoms with Gasteiger partial charge >= 0.3 is 0 Å². The van der Waals surface area contributed by atoms with Crippen molar-refractivity contribution in [2.45, 2.75) is 32.6 Å². The van der Waals surface area contributed by atoms with Crippen LogP contribution in [0.1, 0.15) is 31.9 Å². The summed E-state index contributed by atoms with van der Waals surface area (Å²) in [6.07, 6.45) is 0.726. The van der Waals surface area contributed by atoms with Gasteiger partial charge in [0.2, 0.25) is 0 Å². The van der Waals surface area contributed by atoms with Crippen molar-refractivity contribution in [3.05, 3.63) is 52.5 Å². The SMILES string of the molecule is COc1ccc(OCCOc2ccc(Cl)cc2CCN)c(C(C)(C)C)c1. The van der Waals surface area contributed by atoms with E-state index in [4.69, 9.17) is 31.5 Å². The predicted molar refractivity (Wildman–Crippen MR) is 107 cm³/mol. The highest BCUT2D eigenvalue weighted by Gasteiger charge is 2.20. The monoisotopic (exact) mass is 377 g/mol. The highest BCUT2D eigenvalue weighted by molar-refractivity contribution is 6.30. The summed E-state index contributed by atoms with van der Waals surface area (Å²) in [5, 5.41) is 0.685. The molecular weight excluding hydrogens is 350 g/mol. The van der Waals surface area contributed by atoms with Gasteiger partial charge in [0.05, 0.1) is 7.11 Å². The summed E-state index contributed by atoms with van der Waals surface area (Å²) in [5.41, 5.74) is 7.73. The molecule has 0 heterocycles. The molecule has 0 spiro atoms. The number of hydrogen-bond acceptors (Lipinski definition) is 4. The maximum absolute atomic E-state index is 6.05. The number of hydrogen-bond donors (Lipinski definition) is 1. The number of rotatable bonds is 8. The van der Waals surface area contributed by atoms with Crippen molar-refractivity contribution in [1.82, 2.24) is 0 Å². The zero-order valence-electron chi connectivity index (χ0n) is 16.0. The first kappa shape index (κ1) is 20.4. The Morgan fingerprint density at radius 2 is 1.62 bits per heavy atom. The van der Waals surface area contributed by atoms with Crippen LogP contribution in [-0.4, -0.2) is 26.9 Å². The molecule has 2 aromatic rings. The van der Waals surface area contributed by atoms with Crippen LogP contribution < -0.4 is 19.9 Å². The quantitative estimate of drug-likeness (QED) is 0.683. The van der Waals surface area contributed by atoms with E-state index in [1.54, 1.807) is 7.11 Å². The number of ether oxygens (including phenoxy) is 3. The van der Waals surface area contributed by atoms with E-state index in [-0.39, 0.29) is 5.41 Å². The minimum absolute atomic E-state index is 0.0464. The second-order valence-electron chi connectivity index (χ2n) is 7.10. The normalized spacial score (nSPS) is 11.3. The molecule has 0 saturated carbocycles. The molecule has 142 valence electrons. The Kier molecular flexibility index (Phi) is 7.18. The number of halogens is 1. The Balaban J connectivity index is 2.01. The van der Waals surface area contributed by atoms with E-state index in [0.29, 0.717) is 24.8 Å². The minimum atomic E-state index is -0.0464. The third-order valence-corrected chi connectivity index (χ3v) is 4.26. The smallest absolute Gasteiger partial charge is 0.123 e. The van der Waals surface area contributed by atoms with Gasteiger partial charge in [-0.2, -0.15) is 0 Å². The molecular formula is C21H28ClNO3. The fourth-order valence-corrected chi connectivity index (χ4v) is 2.89. The first-order valence-corrected chi connectivity index (χ1v) is 9.15. The van der Waals surface area contributed by atoms with Crippen LogP contribution in [0.2, 0.25) is 5.02 Å². The Morgan fingerprint density at radius 1 is 0.962 bits per heavy atom. The van der Waals surface area contributed by atoms with Crippen molar-refractivity contribution < 1.29 is 14.2 Å². The summed E-state index contributed by atoms with van der Waals surface area (Å²) < 4.78 is 17.2. The second-order valence-corrected chi connectivity index (χ2v) is 7.54. The third-order valence-electron chi connectivity index (χ3n) is 4.03. The van der Waals surface area contributed by atoms with E-state index < -0.39 is 0 Å². The Morgan fingerprint density at radius 3 is 2.23 bits per heavy atom. The van der Waals surface area contributed by atoms with E-state index in [9.17, 15) is 0 Å². The lowest BCUT2D eigenvalue weighted by molar-refractivity contribution is 0.213. The first-order chi connectivity index (χ1) is 12.3. The molecule has 0 aliphatic heterocycles. The predicted octanol–water partition coefficient (Wildman–Crippen LogP) is 4.61. The van der Waals surface area contributed by atoms with Gasteiger partial charge in [-0.3, -0.25) is 0 Å². The lowest BCUT2D eigenvalue weighted by Crippen LogP contribution is -2.16. The molecule has 4 nitrogen and oxygen atoms in total. The molecule has 5 heteroatoms. The van der Waals surface area contributed by atoms with Gasteiger partial charge in [0, 0.05) is 10.6 Å². The van der Waals surface area contributed by atoms with Crippen LogP contribution in [0.25, 0.3) is 0 Å². The van der Waals surface area contributed by atoms with Gasteiger partial charge < -0.3 is 19.9 Å². The maximum Gasteiger partial charge on any atom is 0.123 e. The highest BCUT2D eigenvalue weighted by atomic mass is 35.5. The van der Waals surface area contributed by atoms with Gasteiger partial charge in [0.15, 0.2) is 0 Å². The van der Waals surface area contributed by atoms with E-state index in [1.807, 2.05) is 36.4 Å². The van der Waals surface area contributed by atoms with Gasteiger partial charge in [-0.15, -0.1) is 0 Å². The average molecular weight is 378 g/mol. The van der Waals surface area contributed by atoms with Crippen molar-refractivity contribution in [2.75, 3.05) is 26.9 Å². The van der Waals surface area contributed by atoms with Crippen LogP contribution in [0.3, 0.4) is 0 Å².